The van der Waals surface area contributed by atoms with Crippen molar-refractivity contribution in [1.29, 1.82) is 10.5 Å². The molecule has 9 aromatic carbocycles. The molecule has 14 aromatic rings. The molecule has 6 heterocycles. The summed E-state index contributed by atoms with van der Waals surface area (Å²) in [5.74, 6) is 15.8. The first kappa shape index (κ1) is 64.4. The highest BCUT2D eigenvalue weighted by Crippen LogP contribution is 2.35. The van der Waals surface area contributed by atoms with Gasteiger partial charge in [-0.25, -0.2) is 19.9 Å². The van der Waals surface area contributed by atoms with Gasteiger partial charge in [-0.3, -0.25) is 9.56 Å². The van der Waals surface area contributed by atoms with Crippen LogP contribution in [0.15, 0.2) is 248 Å². The van der Waals surface area contributed by atoms with E-state index >= 15 is 0 Å². The molecule has 0 bridgehead atoms. The fourth-order valence-corrected chi connectivity index (χ4v) is 11.1. The van der Waals surface area contributed by atoms with Gasteiger partial charge in [0.1, 0.15) is 41.8 Å². The fourth-order valence-electron chi connectivity index (χ4n) is 11.1. The van der Waals surface area contributed by atoms with Gasteiger partial charge in [-0.1, -0.05) is 180 Å². The van der Waals surface area contributed by atoms with Crippen LogP contribution in [0, 0.1) is 60.2 Å². The molecule has 15 nitrogen and oxygen atoms in total. The van der Waals surface area contributed by atoms with Crippen molar-refractivity contribution in [3.05, 3.63) is 305 Å². The second-order valence-corrected chi connectivity index (χ2v) is 24.0. The first-order valence-electron chi connectivity index (χ1n) is 31.4. The Balaban J connectivity index is 0.000000125. The van der Waals surface area contributed by atoms with Gasteiger partial charge in [-0.2, -0.15) is 10.5 Å². The number of pyridine rings is 4. The molecule has 0 saturated heterocycles. The second-order valence-electron chi connectivity index (χ2n) is 24.0. The van der Waals surface area contributed by atoms with Gasteiger partial charge in [0, 0.05) is 78.6 Å². The number of amidine groups is 1. The van der Waals surface area contributed by atoms with Crippen molar-refractivity contribution in [1.82, 2.24) is 40.0 Å². The standard InChI is InChI=1S/C23H17N3.C22H20N4.C19H13N5.C19H15N3/c1-15-2-5-20-14-26-23(25)22(21(20)12-15)19-10-8-18(9-11-19)17-6-3-16(13-24)4-7-17;1-22(2)14-24-21(26-22)16-10-7-15(8-11-16)9-12-17-13-20(23)25-19-6-4-3-5-18(17)19;20-19-11-15(17-3-1-2-4-18(17)23-19)8-5-14-6-9-16(10-7-14)24-12-21-22-13-24;1-13-2-8-16-12-22-19(21)17(18(16)10-13)9-7-14-3-5-15(11-20)6-4-14/h2-12,14H,1H3,(H2,25,26);3-8,10-11,13H,14H2,1-2H3,(H2,23,25)(H,24,26);1-4,6-7,9-13H,(H2,20,23);2-10,12H,1H3,(H2,21,22)/b;;;9-7+. The number of anilines is 4. The Labute approximate surface area is 568 Å². The molecular formula is C83H65N15. The number of nitrogens with one attached hydrogen (secondary N) is 1. The van der Waals surface area contributed by atoms with Crippen LogP contribution < -0.4 is 28.3 Å². The molecule has 1 aliphatic rings. The normalized spacial score (nSPS) is 11.8. The monoisotopic (exact) mass is 1270 g/mol. The molecule has 1 aliphatic heterocycles. The molecule has 0 spiro atoms. The number of para-hydroxylation sites is 2. The number of hydrogen-bond donors (Lipinski definition) is 5. The summed E-state index contributed by atoms with van der Waals surface area (Å²) in [6.45, 7) is 9.22. The molecule has 0 atom stereocenters. The van der Waals surface area contributed by atoms with Crippen molar-refractivity contribution in [2.24, 2.45) is 4.99 Å². The van der Waals surface area contributed by atoms with Crippen LogP contribution in [0.5, 0.6) is 0 Å². The minimum absolute atomic E-state index is 0.0240. The van der Waals surface area contributed by atoms with E-state index in [1.807, 2.05) is 150 Å². The number of benzene rings is 9. The van der Waals surface area contributed by atoms with Crippen LogP contribution in [-0.2, 0) is 0 Å². The molecule has 9 N–H and O–H groups in total. The average molecular weight is 1270 g/mol. The summed E-state index contributed by atoms with van der Waals surface area (Å²) in [5, 5.41) is 35.2. The van der Waals surface area contributed by atoms with Crippen LogP contribution in [0.4, 0.5) is 23.3 Å². The summed E-state index contributed by atoms with van der Waals surface area (Å²) in [4.78, 5) is 21.9. The Kier molecular flexibility index (Phi) is 19.1. The van der Waals surface area contributed by atoms with Crippen LogP contribution in [0.2, 0.25) is 0 Å². The predicted octanol–water partition coefficient (Wildman–Crippen LogP) is 15.6. The molecule has 98 heavy (non-hydrogen) atoms. The number of nitriles is 2. The van der Waals surface area contributed by atoms with E-state index in [-0.39, 0.29) is 5.54 Å². The summed E-state index contributed by atoms with van der Waals surface area (Å²) in [6.07, 6.45) is 10.9. The number of rotatable bonds is 6. The zero-order chi connectivity index (χ0) is 68.1. The van der Waals surface area contributed by atoms with Gasteiger partial charge in [0.15, 0.2) is 0 Å². The number of nitrogens with zero attached hydrogens (tertiary/aromatic N) is 10. The van der Waals surface area contributed by atoms with Crippen molar-refractivity contribution in [2.45, 2.75) is 33.2 Å². The number of nitrogens with two attached hydrogens (primary N) is 4. The summed E-state index contributed by atoms with van der Waals surface area (Å²) in [7, 11) is 0. The number of fused-ring (bicyclic) bond motifs is 4. The van der Waals surface area contributed by atoms with Gasteiger partial charge in [0.25, 0.3) is 0 Å². The summed E-state index contributed by atoms with van der Waals surface area (Å²) < 4.78 is 1.84. The van der Waals surface area contributed by atoms with E-state index in [0.29, 0.717) is 34.4 Å². The molecule has 0 saturated carbocycles. The largest absolute Gasteiger partial charge is 0.384 e. The average Bonchev–Trinajstić information content (AvgIpc) is 1.02. The molecule has 0 unspecified atom stereocenters. The van der Waals surface area contributed by atoms with Crippen molar-refractivity contribution in [3.8, 4) is 63.8 Å². The van der Waals surface area contributed by atoms with Gasteiger partial charge in [0.05, 0.1) is 46.4 Å². The molecule has 15 rings (SSSR count). The van der Waals surface area contributed by atoms with Gasteiger partial charge in [-0.05, 0) is 146 Å². The van der Waals surface area contributed by atoms with Crippen LogP contribution in [0.25, 0.3) is 83.4 Å². The van der Waals surface area contributed by atoms with Crippen molar-refractivity contribution >= 4 is 84.6 Å². The highest BCUT2D eigenvalue weighted by Gasteiger charge is 2.25. The minimum Gasteiger partial charge on any atom is -0.384 e. The van der Waals surface area contributed by atoms with Crippen molar-refractivity contribution < 1.29 is 0 Å². The molecule has 472 valence electrons. The van der Waals surface area contributed by atoms with Crippen molar-refractivity contribution in [2.75, 3.05) is 29.5 Å². The zero-order valence-electron chi connectivity index (χ0n) is 54.2. The lowest BCUT2D eigenvalue weighted by molar-refractivity contribution is 0.506. The maximum atomic E-state index is 8.93. The fraction of sp³-hybridized carbons (Fsp3) is 0.0723. The molecule has 15 heteroatoms. The molecule has 0 amide bonds. The Morgan fingerprint density at radius 1 is 0.469 bits per heavy atom. The van der Waals surface area contributed by atoms with Gasteiger partial charge < -0.3 is 28.3 Å². The maximum Gasteiger partial charge on any atom is 0.131 e. The van der Waals surface area contributed by atoms with Gasteiger partial charge in [-0.15, -0.1) is 10.2 Å². The Hall–Kier alpha value is -13.7. The summed E-state index contributed by atoms with van der Waals surface area (Å²) in [6, 6.07) is 75.5. The Morgan fingerprint density at radius 2 is 0.939 bits per heavy atom. The van der Waals surface area contributed by atoms with Gasteiger partial charge in [0.2, 0.25) is 0 Å². The maximum absolute atomic E-state index is 8.93. The molecule has 0 aliphatic carbocycles. The number of nitrogen functional groups attached to an aromatic ring is 4. The predicted molar refractivity (Wildman–Crippen MR) is 398 cm³/mol. The third-order valence-corrected chi connectivity index (χ3v) is 16.2. The highest BCUT2D eigenvalue weighted by molar-refractivity contribution is 6.02. The third kappa shape index (κ3) is 15.5. The molecule has 0 radical (unpaired) electrons. The summed E-state index contributed by atoms with van der Waals surface area (Å²) in [5.41, 5.74) is 41.3. The van der Waals surface area contributed by atoms with E-state index < -0.39 is 0 Å². The smallest absolute Gasteiger partial charge is 0.131 e. The highest BCUT2D eigenvalue weighted by atomic mass is 15.2. The second kappa shape index (κ2) is 29.1. The number of hydrogen-bond acceptors (Lipinski definition) is 14. The summed E-state index contributed by atoms with van der Waals surface area (Å²) >= 11 is 0. The lowest BCUT2D eigenvalue weighted by Gasteiger charge is -2.18. The SMILES string of the molecule is CC1(C)CN=C(c2ccc(C#Cc3cc(N)nc4ccccc34)cc2)N1.Cc1ccc2cnc(N)c(-c3ccc(-c4ccc(C#N)cc4)cc3)c2c1.Cc1ccc2cnc(N)c(/C=C/c3ccc(C#N)cc3)c2c1.Nc1cc(C#Cc2ccc(-n3cnnc3)cc2)c2ccccc2n1. The first-order valence-corrected chi connectivity index (χ1v) is 31.4. The molecule has 0 fully saturated rings. The lowest BCUT2D eigenvalue weighted by Crippen LogP contribution is -2.39. The van der Waals surface area contributed by atoms with E-state index in [9.17, 15) is 0 Å². The first-order chi connectivity index (χ1) is 47.6. The Bertz CT molecular complexity index is 5540. The van der Waals surface area contributed by atoms with Crippen LogP contribution in [0.3, 0.4) is 0 Å². The van der Waals surface area contributed by atoms with E-state index in [1.165, 1.54) is 11.1 Å². The third-order valence-electron chi connectivity index (χ3n) is 16.2. The number of aliphatic imine (C=N–C) groups is 1. The van der Waals surface area contributed by atoms with Crippen molar-refractivity contribution in [3.63, 3.8) is 0 Å². The van der Waals surface area contributed by atoms with Gasteiger partial charge >= 0.3 is 0 Å². The Morgan fingerprint density at radius 3 is 1.48 bits per heavy atom. The van der Waals surface area contributed by atoms with Crippen LogP contribution >= 0.6 is 0 Å². The number of aromatic nitrogens is 7. The van der Waals surface area contributed by atoms with E-state index in [4.69, 9.17) is 33.5 Å². The quantitative estimate of drug-likeness (QED) is 0.0972. The number of aryl methyl sites for hydroxylation is 2. The topological polar surface area (TPSA) is 258 Å². The zero-order valence-corrected chi connectivity index (χ0v) is 54.2. The molecule has 5 aromatic heterocycles. The van der Waals surface area contributed by atoms with E-state index in [0.717, 1.165) is 123 Å². The molecular weight excluding hydrogens is 1210 g/mol. The van der Waals surface area contributed by atoms with Crippen LogP contribution in [-0.4, -0.2) is 52.6 Å². The van der Waals surface area contributed by atoms with E-state index in [2.05, 4.69) is 177 Å². The van der Waals surface area contributed by atoms with E-state index in [1.54, 1.807) is 37.1 Å². The lowest BCUT2D eigenvalue weighted by atomic mass is 9.96. The van der Waals surface area contributed by atoms with Crippen LogP contribution in [0.1, 0.15) is 75.0 Å². The minimum atomic E-state index is 0.0240.